The van der Waals surface area contributed by atoms with Crippen molar-refractivity contribution in [3.63, 3.8) is 0 Å². The molecule has 2 rings (SSSR count). The van der Waals surface area contributed by atoms with Crippen molar-refractivity contribution in [3.8, 4) is 0 Å². The Morgan fingerprint density at radius 1 is 1.24 bits per heavy atom. The maximum absolute atomic E-state index is 5.46. The van der Waals surface area contributed by atoms with Crippen LogP contribution in [0.15, 0.2) is 24.3 Å². The van der Waals surface area contributed by atoms with Gasteiger partial charge in [-0.05, 0) is 17.7 Å². The van der Waals surface area contributed by atoms with Crippen LogP contribution in [0, 0.1) is 0 Å². The van der Waals surface area contributed by atoms with E-state index in [0.717, 1.165) is 12.2 Å². The molecule has 0 unspecified atom stereocenters. The molecule has 0 fully saturated rings. The highest BCUT2D eigenvalue weighted by Gasteiger charge is 2.03. The Bertz CT molecular complexity index is 472. The van der Waals surface area contributed by atoms with Gasteiger partial charge in [0.05, 0.1) is 6.54 Å². The molecule has 0 bridgehead atoms. The van der Waals surface area contributed by atoms with Crippen LogP contribution in [0.5, 0.6) is 0 Å². The fraction of sp³-hybridized carbons (Fsp3) is 0.333. The SMILES string of the molecule is CN(C)c1ccc(Cc2nc(CN)n[nH]2)cc1. The summed E-state index contributed by atoms with van der Waals surface area (Å²) in [5.41, 5.74) is 7.85. The van der Waals surface area contributed by atoms with Gasteiger partial charge in [-0.3, -0.25) is 5.10 Å². The van der Waals surface area contributed by atoms with Crippen molar-refractivity contribution < 1.29 is 0 Å². The van der Waals surface area contributed by atoms with E-state index in [9.17, 15) is 0 Å². The smallest absolute Gasteiger partial charge is 0.164 e. The lowest BCUT2D eigenvalue weighted by Gasteiger charge is -2.12. The summed E-state index contributed by atoms with van der Waals surface area (Å²) >= 11 is 0. The Balaban J connectivity index is 2.08. The second-order valence-electron chi connectivity index (χ2n) is 4.14. The highest BCUT2D eigenvalue weighted by atomic mass is 15.2. The van der Waals surface area contributed by atoms with E-state index in [0.29, 0.717) is 12.4 Å². The molecule has 1 aromatic heterocycles. The topological polar surface area (TPSA) is 70.8 Å². The lowest BCUT2D eigenvalue weighted by atomic mass is 10.1. The molecule has 5 heteroatoms. The van der Waals surface area contributed by atoms with Crippen LogP contribution in [0.4, 0.5) is 5.69 Å². The first kappa shape index (κ1) is 11.6. The van der Waals surface area contributed by atoms with Crippen molar-refractivity contribution in [3.05, 3.63) is 41.5 Å². The molecule has 5 nitrogen and oxygen atoms in total. The van der Waals surface area contributed by atoms with Crippen molar-refractivity contribution >= 4 is 5.69 Å². The molecule has 0 aliphatic rings. The number of aromatic nitrogens is 3. The van der Waals surface area contributed by atoms with E-state index in [2.05, 4.69) is 44.3 Å². The molecular weight excluding hydrogens is 214 g/mol. The summed E-state index contributed by atoms with van der Waals surface area (Å²) in [4.78, 5) is 6.35. The molecule has 90 valence electrons. The Labute approximate surface area is 101 Å². The van der Waals surface area contributed by atoms with Crippen molar-refractivity contribution in [1.29, 1.82) is 0 Å². The van der Waals surface area contributed by atoms with Gasteiger partial charge in [0, 0.05) is 26.2 Å². The number of aromatic amines is 1. The third-order valence-corrected chi connectivity index (χ3v) is 2.58. The quantitative estimate of drug-likeness (QED) is 0.821. The van der Waals surface area contributed by atoms with Gasteiger partial charge in [0.25, 0.3) is 0 Å². The van der Waals surface area contributed by atoms with E-state index in [1.165, 1.54) is 11.3 Å². The van der Waals surface area contributed by atoms with E-state index in [1.54, 1.807) is 0 Å². The molecule has 2 aromatic rings. The number of nitrogens with zero attached hydrogens (tertiary/aromatic N) is 3. The van der Waals surface area contributed by atoms with E-state index in [-0.39, 0.29) is 0 Å². The summed E-state index contributed by atoms with van der Waals surface area (Å²) in [6.07, 6.45) is 0.751. The molecule has 0 spiro atoms. The van der Waals surface area contributed by atoms with E-state index in [4.69, 9.17) is 5.73 Å². The van der Waals surface area contributed by atoms with Crippen molar-refractivity contribution in [2.24, 2.45) is 5.73 Å². The molecular formula is C12H17N5. The molecule has 0 saturated carbocycles. The first-order valence-electron chi connectivity index (χ1n) is 5.55. The Hall–Kier alpha value is -1.88. The highest BCUT2D eigenvalue weighted by molar-refractivity contribution is 5.46. The first-order valence-corrected chi connectivity index (χ1v) is 5.55. The van der Waals surface area contributed by atoms with E-state index in [1.807, 2.05) is 14.1 Å². The fourth-order valence-corrected chi connectivity index (χ4v) is 1.61. The molecule has 1 aromatic carbocycles. The minimum Gasteiger partial charge on any atom is -0.378 e. The number of nitrogens with two attached hydrogens (primary N) is 1. The number of anilines is 1. The maximum Gasteiger partial charge on any atom is 0.164 e. The number of rotatable bonds is 4. The summed E-state index contributed by atoms with van der Waals surface area (Å²) in [7, 11) is 4.05. The van der Waals surface area contributed by atoms with Gasteiger partial charge in [-0.2, -0.15) is 5.10 Å². The van der Waals surface area contributed by atoms with Gasteiger partial charge >= 0.3 is 0 Å². The molecule has 1 heterocycles. The Morgan fingerprint density at radius 3 is 2.47 bits per heavy atom. The van der Waals surface area contributed by atoms with Crippen LogP contribution >= 0.6 is 0 Å². The summed E-state index contributed by atoms with van der Waals surface area (Å²) in [6.45, 7) is 0.371. The average Bonchev–Trinajstić information content (AvgIpc) is 2.77. The number of nitrogens with one attached hydrogen (secondary N) is 1. The number of H-pyrrole nitrogens is 1. The molecule has 17 heavy (non-hydrogen) atoms. The Kier molecular flexibility index (Phi) is 3.39. The lowest BCUT2D eigenvalue weighted by Crippen LogP contribution is -2.08. The summed E-state index contributed by atoms with van der Waals surface area (Å²) in [6, 6.07) is 8.38. The second kappa shape index (κ2) is 4.97. The average molecular weight is 231 g/mol. The highest BCUT2D eigenvalue weighted by Crippen LogP contribution is 2.13. The van der Waals surface area contributed by atoms with Crippen molar-refractivity contribution in [2.45, 2.75) is 13.0 Å². The lowest BCUT2D eigenvalue weighted by molar-refractivity contribution is 0.916. The van der Waals surface area contributed by atoms with Crippen LogP contribution in [0.2, 0.25) is 0 Å². The zero-order chi connectivity index (χ0) is 12.3. The Morgan fingerprint density at radius 2 is 1.94 bits per heavy atom. The molecule has 0 amide bonds. The molecule has 0 radical (unpaired) electrons. The molecule has 0 aliphatic heterocycles. The van der Waals surface area contributed by atoms with Crippen LogP contribution in [0.25, 0.3) is 0 Å². The van der Waals surface area contributed by atoms with Gasteiger partial charge in [-0.1, -0.05) is 12.1 Å². The molecule has 0 saturated heterocycles. The normalized spacial score (nSPS) is 10.5. The minimum atomic E-state index is 0.371. The summed E-state index contributed by atoms with van der Waals surface area (Å²) < 4.78 is 0. The summed E-state index contributed by atoms with van der Waals surface area (Å²) in [5, 5.41) is 6.90. The second-order valence-corrected chi connectivity index (χ2v) is 4.14. The number of hydrogen-bond acceptors (Lipinski definition) is 4. The minimum absolute atomic E-state index is 0.371. The molecule has 3 N–H and O–H groups in total. The molecule has 0 aliphatic carbocycles. The third kappa shape index (κ3) is 2.82. The summed E-state index contributed by atoms with van der Waals surface area (Å²) in [5.74, 6) is 1.51. The predicted molar refractivity (Wildman–Crippen MR) is 67.8 cm³/mol. The van der Waals surface area contributed by atoms with Gasteiger partial charge in [0.1, 0.15) is 5.82 Å². The maximum atomic E-state index is 5.46. The van der Waals surface area contributed by atoms with Crippen molar-refractivity contribution in [2.75, 3.05) is 19.0 Å². The predicted octanol–water partition coefficient (Wildman–Crippen LogP) is 0.920. The number of hydrogen-bond donors (Lipinski definition) is 2. The van der Waals surface area contributed by atoms with Crippen LogP contribution in [-0.2, 0) is 13.0 Å². The van der Waals surface area contributed by atoms with Crippen LogP contribution < -0.4 is 10.6 Å². The van der Waals surface area contributed by atoms with Crippen LogP contribution in [0.3, 0.4) is 0 Å². The molecule has 0 atom stereocenters. The van der Waals surface area contributed by atoms with Gasteiger partial charge in [0.2, 0.25) is 0 Å². The zero-order valence-electron chi connectivity index (χ0n) is 10.1. The largest absolute Gasteiger partial charge is 0.378 e. The van der Waals surface area contributed by atoms with Crippen LogP contribution in [-0.4, -0.2) is 29.3 Å². The van der Waals surface area contributed by atoms with Gasteiger partial charge in [-0.25, -0.2) is 4.98 Å². The van der Waals surface area contributed by atoms with Gasteiger partial charge < -0.3 is 10.6 Å². The van der Waals surface area contributed by atoms with Gasteiger partial charge in [-0.15, -0.1) is 0 Å². The van der Waals surface area contributed by atoms with Crippen molar-refractivity contribution in [1.82, 2.24) is 15.2 Å². The third-order valence-electron chi connectivity index (χ3n) is 2.58. The van der Waals surface area contributed by atoms with E-state index >= 15 is 0 Å². The monoisotopic (exact) mass is 231 g/mol. The standard InChI is InChI=1S/C12H17N5/c1-17(2)10-5-3-9(4-6-10)7-11-14-12(8-13)16-15-11/h3-6H,7-8,13H2,1-2H3,(H,14,15,16). The van der Waals surface area contributed by atoms with Crippen LogP contribution in [0.1, 0.15) is 17.2 Å². The van der Waals surface area contributed by atoms with E-state index < -0.39 is 0 Å². The number of benzene rings is 1. The zero-order valence-corrected chi connectivity index (χ0v) is 10.1. The van der Waals surface area contributed by atoms with Gasteiger partial charge in [0.15, 0.2) is 5.82 Å². The fourth-order valence-electron chi connectivity index (χ4n) is 1.61. The first-order chi connectivity index (χ1) is 8.19.